The van der Waals surface area contributed by atoms with Crippen molar-refractivity contribution in [2.45, 2.75) is 39.2 Å². The van der Waals surface area contributed by atoms with Crippen molar-refractivity contribution in [3.8, 4) is 11.3 Å². The number of nitrogens with two attached hydrogens (primary N) is 1. The molecule has 3 aromatic heterocycles. The third kappa shape index (κ3) is 4.23. The predicted octanol–water partition coefficient (Wildman–Crippen LogP) is 2.74. The highest BCUT2D eigenvalue weighted by Gasteiger charge is 2.27. The van der Waals surface area contributed by atoms with E-state index in [0.29, 0.717) is 25.3 Å². The lowest BCUT2D eigenvalue weighted by molar-refractivity contribution is -0.128. The number of hydrogen-bond acceptors (Lipinski definition) is 6. The fourth-order valence-electron chi connectivity index (χ4n) is 4.84. The summed E-state index contributed by atoms with van der Waals surface area (Å²) >= 11 is 0. The lowest BCUT2D eigenvalue weighted by Gasteiger charge is -2.31. The first-order valence-electron chi connectivity index (χ1n) is 11.8. The molecule has 0 spiro atoms. The van der Waals surface area contributed by atoms with Crippen LogP contribution < -0.4 is 5.73 Å². The molecule has 9 heteroatoms. The highest BCUT2D eigenvalue weighted by molar-refractivity contribution is 6.07. The third-order valence-electron chi connectivity index (χ3n) is 6.71. The van der Waals surface area contributed by atoms with Gasteiger partial charge in [0.25, 0.3) is 0 Å². The summed E-state index contributed by atoms with van der Waals surface area (Å²) in [7, 11) is 1.89. The van der Waals surface area contributed by atoms with Crippen LogP contribution in [0.2, 0.25) is 0 Å². The molecule has 0 saturated carbocycles. The van der Waals surface area contributed by atoms with E-state index in [1.807, 2.05) is 42.0 Å². The van der Waals surface area contributed by atoms with Gasteiger partial charge < -0.3 is 15.4 Å². The molecule has 0 radical (unpaired) electrons. The maximum atomic E-state index is 12.2. The summed E-state index contributed by atoms with van der Waals surface area (Å²) in [5, 5.41) is 5.31. The van der Waals surface area contributed by atoms with Gasteiger partial charge in [-0.3, -0.25) is 24.0 Å². The normalized spacial score (nSPS) is 20.3. The molecule has 0 aliphatic carbocycles. The Hall–Kier alpha value is -3.46. The number of aromatic nitrogens is 4. The number of rotatable bonds is 3. The summed E-state index contributed by atoms with van der Waals surface area (Å²) in [4.78, 5) is 23.8. The Balaban J connectivity index is 1.58. The first-order valence-corrected chi connectivity index (χ1v) is 11.8. The highest BCUT2D eigenvalue weighted by atomic mass is 16.5. The molecule has 5 heterocycles. The van der Waals surface area contributed by atoms with Crippen molar-refractivity contribution in [2.75, 3.05) is 26.3 Å². The fourth-order valence-corrected chi connectivity index (χ4v) is 4.84. The second-order valence-electron chi connectivity index (χ2n) is 9.13. The molecule has 1 amide bonds. The van der Waals surface area contributed by atoms with E-state index in [0.717, 1.165) is 65.2 Å². The molecule has 0 aromatic carbocycles. The minimum atomic E-state index is 0.0484. The Bertz CT molecular complexity index is 1290. The number of carbonyl (C=O) groups is 1. The highest BCUT2D eigenvalue weighted by Crippen LogP contribution is 2.28. The average Bonchev–Trinajstić information content (AvgIpc) is 3.41. The lowest BCUT2D eigenvalue weighted by Crippen LogP contribution is -2.41. The number of pyridine rings is 1. The molecule has 2 fully saturated rings. The zero-order valence-corrected chi connectivity index (χ0v) is 20.0. The van der Waals surface area contributed by atoms with Gasteiger partial charge in [-0.15, -0.1) is 0 Å². The van der Waals surface area contributed by atoms with Crippen LogP contribution in [0.15, 0.2) is 41.3 Å². The van der Waals surface area contributed by atoms with Crippen molar-refractivity contribution >= 4 is 28.3 Å². The number of carbonyl (C=O) groups excluding carboxylic acids is 1. The first kappa shape index (κ1) is 22.3. The molecule has 2 saturated heterocycles. The van der Waals surface area contributed by atoms with Crippen LogP contribution in [0.4, 0.5) is 0 Å². The van der Waals surface area contributed by atoms with Crippen molar-refractivity contribution in [3.05, 3.63) is 42.0 Å². The van der Waals surface area contributed by atoms with Gasteiger partial charge in [0, 0.05) is 74.3 Å². The Morgan fingerprint density at radius 3 is 2.74 bits per heavy atom. The van der Waals surface area contributed by atoms with E-state index in [1.165, 1.54) is 0 Å². The Morgan fingerprint density at radius 2 is 2.03 bits per heavy atom. The van der Waals surface area contributed by atoms with Crippen LogP contribution in [0.25, 0.3) is 28.0 Å². The summed E-state index contributed by atoms with van der Waals surface area (Å²) in [5.74, 6) is 0.660. The van der Waals surface area contributed by atoms with Gasteiger partial charge in [0.2, 0.25) is 5.91 Å². The smallest absolute Gasteiger partial charge is 0.219 e. The quantitative estimate of drug-likeness (QED) is 0.646. The minimum Gasteiger partial charge on any atom is -0.384 e. The number of nitrogens with zero attached hydrogens (tertiary/aromatic N) is 6. The van der Waals surface area contributed by atoms with Crippen LogP contribution in [0.1, 0.15) is 31.9 Å². The molecule has 0 atom stereocenters. The van der Waals surface area contributed by atoms with E-state index in [2.05, 4.69) is 22.2 Å². The van der Waals surface area contributed by atoms with Gasteiger partial charge >= 0.3 is 0 Å². The molecule has 0 bridgehead atoms. The Labute approximate surface area is 198 Å². The molecule has 34 heavy (non-hydrogen) atoms. The fraction of sp³-hybridized carbons (Fsp3) is 0.440. The molecule has 9 nitrogen and oxygen atoms in total. The third-order valence-corrected chi connectivity index (χ3v) is 6.71. The maximum absolute atomic E-state index is 12.2. The van der Waals surface area contributed by atoms with Gasteiger partial charge in [-0.05, 0) is 31.9 Å². The standard InChI is InChI=1S/C25H31N7O2/c1-16-10-18-11-23(19-12-28-30(3)14-19)27-13-24(18)32(16)25(26)21-15-31(17(2)33)7-4-22(21)29-20-5-8-34-9-6-20/h10-14,20H,4-9,15,26H2,1-3H3. The Kier molecular flexibility index (Phi) is 5.95. The van der Waals surface area contributed by atoms with Crippen molar-refractivity contribution in [2.24, 2.45) is 17.8 Å². The Morgan fingerprint density at radius 1 is 1.24 bits per heavy atom. The molecule has 3 aromatic rings. The SMILES string of the molecule is CC(=O)N1CCC(=NC2CCOCC2)C(=C(N)n2c(C)cc3cc(-c4cnn(C)c4)ncc32)C1. The molecule has 2 aliphatic heterocycles. The van der Waals surface area contributed by atoms with Crippen molar-refractivity contribution < 1.29 is 9.53 Å². The number of piperidine rings is 1. The van der Waals surface area contributed by atoms with Crippen LogP contribution >= 0.6 is 0 Å². The van der Waals surface area contributed by atoms with Gasteiger partial charge in [-0.25, -0.2) is 0 Å². The summed E-state index contributed by atoms with van der Waals surface area (Å²) < 4.78 is 9.30. The van der Waals surface area contributed by atoms with Crippen molar-refractivity contribution in [1.29, 1.82) is 0 Å². The minimum absolute atomic E-state index is 0.0484. The maximum Gasteiger partial charge on any atom is 0.219 e. The number of likely N-dealkylation sites (tertiary alicyclic amines) is 1. The number of aliphatic imine (C=N–C) groups is 1. The topological polar surface area (TPSA) is 104 Å². The number of fused-ring (bicyclic) bond motifs is 1. The molecule has 2 aliphatic rings. The first-order chi connectivity index (χ1) is 16.4. The lowest BCUT2D eigenvalue weighted by atomic mass is 10.00. The second kappa shape index (κ2) is 9.06. The van der Waals surface area contributed by atoms with Gasteiger partial charge in [-0.2, -0.15) is 5.10 Å². The molecule has 5 rings (SSSR count). The zero-order chi connectivity index (χ0) is 23.8. The largest absolute Gasteiger partial charge is 0.384 e. The number of aryl methyl sites for hydroxylation is 2. The van der Waals surface area contributed by atoms with Crippen LogP contribution in [0, 0.1) is 6.92 Å². The molecular formula is C25H31N7O2. The zero-order valence-electron chi connectivity index (χ0n) is 20.0. The van der Waals surface area contributed by atoms with Crippen molar-refractivity contribution in [1.82, 2.24) is 24.2 Å². The number of ether oxygens (including phenoxy) is 1. The van der Waals surface area contributed by atoms with Crippen LogP contribution in [0.5, 0.6) is 0 Å². The van der Waals surface area contributed by atoms with E-state index < -0.39 is 0 Å². The molecule has 0 unspecified atom stereocenters. The summed E-state index contributed by atoms with van der Waals surface area (Å²) in [6.45, 7) is 6.25. The molecule has 2 N–H and O–H groups in total. The van der Waals surface area contributed by atoms with E-state index in [-0.39, 0.29) is 11.9 Å². The second-order valence-corrected chi connectivity index (χ2v) is 9.13. The van der Waals surface area contributed by atoms with Crippen LogP contribution in [-0.2, 0) is 16.6 Å². The van der Waals surface area contributed by atoms with Gasteiger partial charge in [0.05, 0.1) is 36.2 Å². The summed E-state index contributed by atoms with van der Waals surface area (Å²) in [6, 6.07) is 4.42. The summed E-state index contributed by atoms with van der Waals surface area (Å²) in [5.41, 5.74) is 12.5. The number of hydrogen-bond donors (Lipinski definition) is 1. The van der Waals surface area contributed by atoms with Gasteiger partial charge in [0.1, 0.15) is 5.82 Å². The molecular weight excluding hydrogens is 430 g/mol. The van der Waals surface area contributed by atoms with Gasteiger partial charge in [0.15, 0.2) is 0 Å². The van der Waals surface area contributed by atoms with Gasteiger partial charge in [-0.1, -0.05) is 0 Å². The van der Waals surface area contributed by atoms with E-state index in [1.54, 1.807) is 11.6 Å². The number of amides is 1. The monoisotopic (exact) mass is 461 g/mol. The van der Waals surface area contributed by atoms with E-state index in [9.17, 15) is 4.79 Å². The van der Waals surface area contributed by atoms with E-state index >= 15 is 0 Å². The van der Waals surface area contributed by atoms with Crippen LogP contribution in [-0.4, -0.2) is 68.2 Å². The van der Waals surface area contributed by atoms with Crippen LogP contribution in [0.3, 0.4) is 0 Å². The summed E-state index contributed by atoms with van der Waals surface area (Å²) in [6.07, 6.45) is 8.16. The molecule has 178 valence electrons. The van der Waals surface area contributed by atoms with Crippen molar-refractivity contribution in [3.63, 3.8) is 0 Å². The predicted molar refractivity (Wildman–Crippen MR) is 132 cm³/mol. The average molecular weight is 462 g/mol. The van der Waals surface area contributed by atoms with E-state index in [4.69, 9.17) is 15.5 Å².